The summed E-state index contributed by atoms with van der Waals surface area (Å²) in [7, 11) is 0. The van der Waals surface area contributed by atoms with E-state index in [1.165, 1.54) is 30.6 Å². The van der Waals surface area contributed by atoms with Crippen molar-refractivity contribution in [3.05, 3.63) is 21.9 Å². The summed E-state index contributed by atoms with van der Waals surface area (Å²) in [4.78, 5) is 1.52. The SMILES string of the molecule is c1cc2c(s1)[C@@H]([C@H]1CCCN1)OCC21CC1. The molecule has 1 N–H and O–H groups in total. The Kier molecular flexibility index (Phi) is 1.99. The summed E-state index contributed by atoms with van der Waals surface area (Å²) >= 11 is 1.90. The van der Waals surface area contributed by atoms with Crippen molar-refractivity contribution in [2.45, 2.75) is 43.2 Å². The van der Waals surface area contributed by atoms with Gasteiger partial charge in [-0.2, -0.15) is 0 Å². The molecule has 86 valence electrons. The number of thiophene rings is 1. The van der Waals surface area contributed by atoms with Crippen molar-refractivity contribution >= 4 is 11.3 Å². The van der Waals surface area contributed by atoms with Gasteiger partial charge in [0.2, 0.25) is 0 Å². The summed E-state index contributed by atoms with van der Waals surface area (Å²) in [5.41, 5.74) is 2.05. The Labute approximate surface area is 100 Å². The zero-order valence-corrected chi connectivity index (χ0v) is 10.2. The van der Waals surface area contributed by atoms with Crippen LogP contribution < -0.4 is 5.32 Å². The zero-order chi connectivity index (χ0) is 10.6. The first-order valence-corrected chi connectivity index (χ1v) is 7.20. The number of fused-ring (bicyclic) bond motifs is 2. The number of nitrogens with one attached hydrogen (secondary N) is 1. The molecule has 1 aliphatic carbocycles. The Morgan fingerprint density at radius 2 is 2.38 bits per heavy atom. The maximum absolute atomic E-state index is 6.17. The van der Waals surface area contributed by atoms with Gasteiger partial charge in [0.05, 0.1) is 6.61 Å². The van der Waals surface area contributed by atoms with Gasteiger partial charge in [-0.1, -0.05) is 0 Å². The van der Waals surface area contributed by atoms with Crippen molar-refractivity contribution in [2.24, 2.45) is 0 Å². The van der Waals surface area contributed by atoms with E-state index in [4.69, 9.17) is 4.74 Å². The molecule has 3 aliphatic rings. The highest BCUT2D eigenvalue weighted by atomic mass is 32.1. The molecule has 1 saturated carbocycles. The predicted molar refractivity (Wildman–Crippen MR) is 64.9 cm³/mol. The van der Waals surface area contributed by atoms with E-state index in [2.05, 4.69) is 16.8 Å². The van der Waals surface area contributed by atoms with Crippen LogP contribution in [0.25, 0.3) is 0 Å². The Morgan fingerprint density at radius 3 is 3.12 bits per heavy atom. The number of hydrogen-bond acceptors (Lipinski definition) is 3. The average Bonchev–Trinajstić information content (AvgIpc) is 2.75. The van der Waals surface area contributed by atoms with Crippen LogP contribution in [0, 0.1) is 0 Å². The molecular formula is C13H17NOS. The van der Waals surface area contributed by atoms with Crippen molar-refractivity contribution in [3.63, 3.8) is 0 Å². The first kappa shape index (κ1) is 9.63. The fraction of sp³-hybridized carbons (Fsp3) is 0.692. The second-order valence-corrected chi connectivity index (χ2v) is 6.36. The molecule has 16 heavy (non-hydrogen) atoms. The summed E-state index contributed by atoms with van der Waals surface area (Å²) < 4.78 is 6.17. The Morgan fingerprint density at radius 1 is 1.44 bits per heavy atom. The molecule has 3 heterocycles. The number of ether oxygens (including phenoxy) is 1. The van der Waals surface area contributed by atoms with E-state index in [1.807, 2.05) is 11.3 Å². The van der Waals surface area contributed by atoms with Crippen LogP contribution >= 0.6 is 11.3 Å². The van der Waals surface area contributed by atoms with Gasteiger partial charge in [0.1, 0.15) is 6.10 Å². The third-order valence-electron chi connectivity index (χ3n) is 4.38. The van der Waals surface area contributed by atoms with E-state index in [-0.39, 0.29) is 0 Å². The molecule has 1 aromatic heterocycles. The lowest BCUT2D eigenvalue weighted by Gasteiger charge is -2.33. The third-order valence-corrected chi connectivity index (χ3v) is 5.36. The lowest BCUT2D eigenvalue weighted by molar-refractivity contribution is 0.00451. The minimum atomic E-state index is 0.337. The molecule has 0 aromatic carbocycles. The van der Waals surface area contributed by atoms with Gasteiger partial charge in [-0.3, -0.25) is 0 Å². The lowest BCUT2D eigenvalue weighted by Crippen LogP contribution is -2.36. The van der Waals surface area contributed by atoms with Crippen molar-refractivity contribution in [3.8, 4) is 0 Å². The van der Waals surface area contributed by atoms with E-state index < -0.39 is 0 Å². The molecule has 4 rings (SSSR count). The van der Waals surface area contributed by atoms with E-state index in [1.54, 1.807) is 5.56 Å². The van der Waals surface area contributed by atoms with Crippen LogP contribution in [-0.2, 0) is 10.2 Å². The molecule has 2 nitrogen and oxygen atoms in total. The quantitative estimate of drug-likeness (QED) is 0.808. The molecule has 2 fully saturated rings. The van der Waals surface area contributed by atoms with Crippen molar-refractivity contribution in [1.29, 1.82) is 0 Å². The van der Waals surface area contributed by atoms with E-state index >= 15 is 0 Å². The molecule has 1 saturated heterocycles. The van der Waals surface area contributed by atoms with Crippen molar-refractivity contribution < 1.29 is 4.74 Å². The Balaban J connectivity index is 1.71. The maximum Gasteiger partial charge on any atom is 0.107 e. The molecule has 0 radical (unpaired) electrons. The van der Waals surface area contributed by atoms with Crippen LogP contribution in [0.4, 0.5) is 0 Å². The molecule has 1 aromatic rings. The second-order valence-electron chi connectivity index (χ2n) is 5.41. The monoisotopic (exact) mass is 235 g/mol. The van der Waals surface area contributed by atoms with E-state index in [9.17, 15) is 0 Å². The fourth-order valence-electron chi connectivity index (χ4n) is 3.22. The molecule has 2 atom stereocenters. The fourth-order valence-corrected chi connectivity index (χ4v) is 4.34. The van der Waals surface area contributed by atoms with Gasteiger partial charge in [-0.25, -0.2) is 0 Å². The zero-order valence-electron chi connectivity index (χ0n) is 9.37. The van der Waals surface area contributed by atoms with Gasteiger partial charge in [-0.15, -0.1) is 11.3 Å². The van der Waals surface area contributed by atoms with Gasteiger partial charge in [-0.05, 0) is 49.2 Å². The Bertz CT molecular complexity index is 404. The molecule has 0 unspecified atom stereocenters. The van der Waals surface area contributed by atoms with Gasteiger partial charge in [0.25, 0.3) is 0 Å². The van der Waals surface area contributed by atoms with Crippen LogP contribution in [0.3, 0.4) is 0 Å². The van der Waals surface area contributed by atoms with Gasteiger partial charge >= 0.3 is 0 Å². The van der Waals surface area contributed by atoms with Crippen LogP contribution in [-0.4, -0.2) is 19.2 Å². The first-order chi connectivity index (χ1) is 7.89. The highest BCUT2D eigenvalue weighted by molar-refractivity contribution is 7.10. The lowest BCUT2D eigenvalue weighted by atomic mass is 9.91. The number of rotatable bonds is 1. The summed E-state index contributed by atoms with van der Waals surface area (Å²) in [5.74, 6) is 0. The average molecular weight is 235 g/mol. The van der Waals surface area contributed by atoms with Gasteiger partial charge in [0, 0.05) is 16.3 Å². The first-order valence-electron chi connectivity index (χ1n) is 6.32. The largest absolute Gasteiger partial charge is 0.370 e. The highest BCUT2D eigenvalue weighted by Crippen LogP contribution is 2.56. The molecule has 3 heteroatoms. The van der Waals surface area contributed by atoms with Crippen molar-refractivity contribution in [2.75, 3.05) is 13.2 Å². The Hall–Kier alpha value is -0.380. The molecule has 2 aliphatic heterocycles. The molecule has 1 spiro atoms. The normalized spacial score (nSPS) is 35.2. The van der Waals surface area contributed by atoms with Crippen LogP contribution in [0.15, 0.2) is 11.4 Å². The molecule has 0 amide bonds. The minimum Gasteiger partial charge on any atom is -0.370 e. The summed E-state index contributed by atoms with van der Waals surface area (Å²) in [6.45, 7) is 2.12. The molecule has 0 bridgehead atoms. The minimum absolute atomic E-state index is 0.337. The van der Waals surface area contributed by atoms with Crippen molar-refractivity contribution in [1.82, 2.24) is 5.32 Å². The highest BCUT2D eigenvalue weighted by Gasteiger charge is 2.51. The summed E-state index contributed by atoms with van der Waals surface area (Å²) in [6.07, 6.45) is 5.58. The standard InChI is InChI=1S/C13H17NOS/c1-2-10(14-6-1)11-12-9(3-7-16-12)13(4-5-13)8-15-11/h3,7,10-11,14H,1-2,4-6,8H2/t10-,11-/m1/s1. The summed E-state index contributed by atoms with van der Waals surface area (Å²) in [6, 6.07) is 2.91. The van der Waals surface area contributed by atoms with E-state index in [0.717, 1.165) is 13.2 Å². The van der Waals surface area contributed by atoms with Gasteiger partial charge in [0.15, 0.2) is 0 Å². The third kappa shape index (κ3) is 1.25. The van der Waals surface area contributed by atoms with Crippen LogP contribution in [0.2, 0.25) is 0 Å². The smallest absolute Gasteiger partial charge is 0.107 e. The van der Waals surface area contributed by atoms with Crippen LogP contribution in [0.1, 0.15) is 42.2 Å². The summed E-state index contributed by atoms with van der Waals surface area (Å²) in [5, 5.41) is 5.84. The predicted octanol–water partition coefficient (Wildman–Crippen LogP) is 2.60. The van der Waals surface area contributed by atoms with Gasteiger partial charge < -0.3 is 10.1 Å². The maximum atomic E-state index is 6.17. The second kappa shape index (κ2) is 3.31. The topological polar surface area (TPSA) is 21.3 Å². The van der Waals surface area contributed by atoms with E-state index in [0.29, 0.717) is 17.6 Å². The number of hydrogen-bond donors (Lipinski definition) is 1. The molecular weight excluding hydrogens is 218 g/mol. The van der Waals surface area contributed by atoms with Crippen LogP contribution in [0.5, 0.6) is 0 Å².